The quantitative estimate of drug-likeness (QED) is 0.0222. The molecule has 0 aromatic carbocycles. The van der Waals surface area contributed by atoms with Crippen LogP contribution in [-0.2, 0) is 65.4 Å². The summed E-state index contributed by atoms with van der Waals surface area (Å²) < 4.78 is 68.7. The highest BCUT2D eigenvalue weighted by molar-refractivity contribution is 7.47. The molecule has 3 unspecified atom stereocenters. The molecule has 0 heterocycles. The molecule has 0 aromatic rings. The van der Waals surface area contributed by atoms with Gasteiger partial charge in [-0.15, -0.1) is 0 Å². The van der Waals surface area contributed by atoms with E-state index in [-0.39, 0.29) is 25.7 Å². The monoisotopic (exact) mass is 1450 g/mol. The summed E-state index contributed by atoms with van der Waals surface area (Å²) in [5.74, 6) is -0.502. The number of unbranched alkanes of at least 4 members (excludes halogenated alkanes) is 48. The van der Waals surface area contributed by atoms with Crippen LogP contribution in [0.3, 0.4) is 0 Å². The molecular formula is C80H156O17P2. The third-order valence-electron chi connectivity index (χ3n) is 19.1. The van der Waals surface area contributed by atoms with Gasteiger partial charge < -0.3 is 33.8 Å². The van der Waals surface area contributed by atoms with Crippen molar-refractivity contribution in [1.82, 2.24) is 0 Å². The van der Waals surface area contributed by atoms with E-state index in [4.69, 9.17) is 37.0 Å². The maximum atomic E-state index is 13.1. The molecule has 0 aliphatic carbocycles. The number of ether oxygens (including phenoxy) is 4. The SMILES string of the molecule is CCCCCCCCCCCCCCCC(=O)OC[C@H](COP(=O)(O)OC[C@@H](O)COP(=O)(O)OC[C@@H](COC(=O)CCCCCCCCCCCCCC)OC(=O)CCCCCCCCCCCC(C)C)OC(=O)CCCCCCCCCCCCCCCCCCCCC(C)CC. The van der Waals surface area contributed by atoms with Gasteiger partial charge in [0.2, 0.25) is 0 Å². The van der Waals surface area contributed by atoms with Crippen LogP contribution in [0.5, 0.6) is 0 Å². The lowest BCUT2D eigenvalue weighted by molar-refractivity contribution is -0.161. The summed E-state index contributed by atoms with van der Waals surface area (Å²) in [7, 11) is -9.92. The number of hydrogen-bond donors (Lipinski definition) is 3. The topological polar surface area (TPSA) is 237 Å². The average Bonchev–Trinajstić information content (AvgIpc) is 1.08. The summed E-state index contributed by atoms with van der Waals surface area (Å²) in [6.45, 7) is 9.67. The maximum absolute atomic E-state index is 13.1. The van der Waals surface area contributed by atoms with E-state index in [9.17, 15) is 43.2 Å². The first-order chi connectivity index (χ1) is 47.9. The van der Waals surface area contributed by atoms with Crippen LogP contribution in [0.25, 0.3) is 0 Å². The number of carbonyl (C=O) groups is 4. The van der Waals surface area contributed by atoms with E-state index in [1.165, 1.54) is 238 Å². The highest BCUT2D eigenvalue weighted by atomic mass is 31.2. The zero-order chi connectivity index (χ0) is 72.8. The van der Waals surface area contributed by atoms with Crippen LogP contribution < -0.4 is 0 Å². The van der Waals surface area contributed by atoms with Crippen molar-refractivity contribution >= 4 is 39.5 Å². The molecule has 0 amide bonds. The smallest absolute Gasteiger partial charge is 0.462 e. The van der Waals surface area contributed by atoms with E-state index in [1.807, 2.05) is 0 Å². The predicted molar refractivity (Wildman–Crippen MR) is 405 cm³/mol. The standard InChI is InChI=1S/C80H156O17P2/c1-7-10-12-14-16-18-20-28-33-39-45-51-57-63-78(83)91-68-75(96-79(84)64-58-52-46-40-34-30-27-25-23-22-24-26-29-31-37-43-49-55-61-73(6)9-3)70-94-98(86,87)92-66-74(81)67-93-99(88,89)95-71-76(97-80(85)65-59-53-47-41-35-36-42-48-54-60-72(4)5)69-90-77(82)62-56-50-44-38-32-21-19-17-15-13-11-8-2/h72-76,81H,7-71H2,1-6H3,(H,86,87)(H,88,89)/t73?,74-,75-,76-/m1/s1. The molecule has 99 heavy (non-hydrogen) atoms. The zero-order valence-corrected chi connectivity index (χ0v) is 66.6. The summed E-state index contributed by atoms with van der Waals surface area (Å²) in [4.78, 5) is 72.9. The van der Waals surface area contributed by atoms with E-state index in [2.05, 4.69) is 41.5 Å². The average molecular weight is 1450 g/mol. The van der Waals surface area contributed by atoms with E-state index >= 15 is 0 Å². The molecular weight excluding hydrogens is 1290 g/mol. The van der Waals surface area contributed by atoms with Gasteiger partial charge in [-0.2, -0.15) is 0 Å². The molecule has 0 aromatic heterocycles. The van der Waals surface area contributed by atoms with Gasteiger partial charge in [0.05, 0.1) is 26.4 Å². The first-order valence-corrected chi connectivity index (χ1v) is 44.5. The van der Waals surface area contributed by atoms with Crippen molar-refractivity contribution in [2.75, 3.05) is 39.6 Å². The van der Waals surface area contributed by atoms with Crippen LogP contribution in [0, 0.1) is 11.8 Å². The third-order valence-corrected chi connectivity index (χ3v) is 21.0. The van der Waals surface area contributed by atoms with Crippen molar-refractivity contribution in [3.05, 3.63) is 0 Å². The van der Waals surface area contributed by atoms with Gasteiger partial charge in [0, 0.05) is 25.7 Å². The Morgan fingerprint density at radius 3 is 0.768 bits per heavy atom. The second kappa shape index (κ2) is 71.7. The molecule has 588 valence electrons. The number of hydrogen-bond acceptors (Lipinski definition) is 15. The van der Waals surface area contributed by atoms with Crippen molar-refractivity contribution < 1.29 is 80.2 Å². The molecule has 0 bridgehead atoms. The minimum absolute atomic E-state index is 0.106. The number of carbonyl (C=O) groups excluding carboxylic acids is 4. The molecule has 19 heteroatoms. The van der Waals surface area contributed by atoms with Crippen LogP contribution in [0.4, 0.5) is 0 Å². The lowest BCUT2D eigenvalue weighted by Gasteiger charge is -2.21. The fourth-order valence-corrected chi connectivity index (χ4v) is 13.9. The molecule has 0 aliphatic rings. The van der Waals surface area contributed by atoms with Crippen molar-refractivity contribution in [3.8, 4) is 0 Å². The molecule has 6 atom stereocenters. The van der Waals surface area contributed by atoms with E-state index in [1.54, 1.807) is 0 Å². The largest absolute Gasteiger partial charge is 0.472 e. The zero-order valence-electron chi connectivity index (χ0n) is 64.8. The second-order valence-electron chi connectivity index (χ2n) is 29.5. The van der Waals surface area contributed by atoms with E-state index < -0.39 is 97.5 Å². The number of esters is 4. The van der Waals surface area contributed by atoms with Gasteiger partial charge in [0.15, 0.2) is 12.2 Å². The molecule has 0 aliphatic heterocycles. The van der Waals surface area contributed by atoms with Crippen molar-refractivity contribution in [2.24, 2.45) is 11.8 Å². The predicted octanol–water partition coefficient (Wildman–Crippen LogP) is 23.9. The Hall–Kier alpha value is -1.94. The van der Waals surface area contributed by atoms with Gasteiger partial charge in [-0.05, 0) is 37.5 Å². The Labute approximate surface area is 607 Å². The molecule has 0 spiro atoms. The Morgan fingerprint density at radius 2 is 0.515 bits per heavy atom. The highest BCUT2D eigenvalue weighted by Gasteiger charge is 2.30. The highest BCUT2D eigenvalue weighted by Crippen LogP contribution is 2.45. The summed E-state index contributed by atoms with van der Waals surface area (Å²) in [6.07, 6.45) is 61.0. The first kappa shape index (κ1) is 97.1. The summed E-state index contributed by atoms with van der Waals surface area (Å²) >= 11 is 0. The van der Waals surface area contributed by atoms with Crippen molar-refractivity contribution in [2.45, 2.75) is 439 Å². The van der Waals surface area contributed by atoms with Crippen LogP contribution >= 0.6 is 15.6 Å². The van der Waals surface area contributed by atoms with Crippen LogP contribution in [0.2, 0.25) is 0 Å². The van der Waals surface area contributed by atoms with Crippen molar-refractivity contribution in [3.63, 3.8) is 0 Å². The number of phosphoric ester groups is 2. The molecule has 0 saturated heterocycles. The van der Waals surface area contributed by atoms with E-state index in [0.717, 1.165) is 102 Å². The Morgan fingerprint density at radius 1 is 0.293 bits per heavy atom. The summed E-state index contributed by atoms with van der Waals surface area (Å²) in [6, 6.07) is 0. The maximum Gasteiger partial charge on any atom is 0.472 e. The van der Waals surface area contributed by atoms with Gasteiger partial charge in [-0.25, -0.2) is 9.13 Å². The van der Waals surface area contributed by atoms with Gasteiger partial charge in [0.25, 0.3) is 0 Å². The minimum atomic E-state index is -4.96. The number of aliphatic hydroxyl groups excluding tert-OH is 1. The molecule has 0 saturated carbocycles. The Balaban J connectivity index is 5.20. The molecule has 3 N–H and O–H groups in total. The number of aliphatic hydroxyl groups is 1. The number of phosphoric acid groups is 2. The van der Waals surface area contributed by atoms with Gasteiger partial charge >= 0.3 is 39.5 Å². The molecule has 0 fully saturated rings. The molecule has 0 radical (unpaired) electrons. The second-order valence-corrected chi connectivity index (χ2v) is 32.4. The van der Waals surface area contributed by atoms with E-state index in [0.29, 0.717) is 25.7 Å². The molecule has 0 rings (SSSR count). The normalized spacial score (nSPS) is 14.2. The third kappa shape index (κ3) is 72.8. The van der Waals surface area contributed by atoms with Crippen LogP contribution in [-0.4, -0.2) is 96.7 Å². The lowest BCUT2D eigenvalue weighted by Crippen LogP contribution is -2.30. The van der Waals surface area contributed by atoms with Crippen LogP contribution in [0.15, 0.2) is 0 Å². The fourth-order valence-electron chi connectivity index (χ4n) is 12.3. The van der Waals surface area contributed by atoms with Crippen LogP contribution in [0.1, 0.15) is 420 Å². The Kier molecular flexibility index (Phi) is 70.3. The van der Waals surface area contributed by atoms with Gasteiger partial charge in [-0.1, -0.05) is 369 Å². The fraction of sp³-hybridized carbons (Fsp3) is 0.950. The van der Waals surface area contributed by atoms with Gasteiger partial charge in [-0.3, -0.25) is 37.3 Å². The minimum Gasteiger partial charge on any atom is -0.462 e. The molecule has 17 nitrogen and oxygen atoms in total. The van der Waals surface area contributed by atoms with Gasteiger partial charge in [0.1, 0.15) is 19.3 Å². The first-order valence-electron chi connectivity index (χ1n) is 41.5. The lowest BCUT2D eigenvalue weighted by atomic mass is 9.99. The Bertz CT molecular complexity index is 1910. The summed E-state index contributed by atoms with van der Waals surface area (Å²) in [5, 5.41) is 10.6. The summed E-state index contributed by atoms with van der Waals surface area (Å²) in [5.41, 5.74) is 0. The number of rotatable bonds is 79. The van der Waals surface area contributed by atoms with Crippen molar-refractivity contribution in [1.29, 1.82) is 0 Å².